The molecule has 24 heavy (non-hydrogen) atoms. The molecule has 0 spiro atoms. The summed E-state index contributed by atoms with van der Waals surface area (Å²) in [6.07, 6.45) is 1.19. The molecule has 0 saturated heterocycles. The average Bonchev–Trinajstić information content (AvgIpc) is 2.52. The summed E-state index contributed by atoms with van der Waals surface area (Å²) in [5, 5.41) is 0.630. The van der Waals surface area contributed by atoms with Gasteiger partial charge in [-0.05, 0) is 42.3 Å². The van der Waals surface area contributed by atoms with Crippen LogP contribution >= 0.6 is 11.6 Å². The number of nitrogens with zero attached hydrogens (tertiary/aromatic N) is 1. The highest BCUT2D eigenvalue weighted by Gasteiger charge is 2.19. The zero-order valence-electron chi connectivity index (χ0n) is 13.9. The molecule has 0 radical (unpaired) electrons. The van der Waals surface area contributed by atoms with Crippen LogP contribution in [0.5, 0.6) is 0 Å². The summed E-state index contributed by atoms with van der Waals surface area (Å²) in [5.74, 6) is -0.163. The van der Waals surface area contributed by atoms with Crippen LogP contribution in [0, 0.1) is 0 Å². The Hall–Kier alpha value is -1.85. The molecule has 128 valence electrons. The van der Waals surface area contributed by atoms with Gasteiger partial charge in [0.2, 0.25) is 0 Å². The topological polar surface area (TPSA) is 54.5 Å². The van der Waals surface area contributed by atoms with Gasteiger partial charge in [-0.2, -0.15) is 0 Å². The van der Waals surface area contributed by atoms with Gasteiger partial charge in [0.1, 0.15) is 0 Å². The number of benzene rings is 2. The van der Waals surface area contributed by atoms with E-state index in [0.717, 1.165) is 5.56 Å². The molecule has 2 aromatic carbocycles. The van der Waals surface area contributed by atoms with E-state index in [2.05, 4.69) is 0 Å². The number of halogens is 1. The van der Waals surface area contributed by atoms with Crippen molar-refractivity contribution in [2.24, 2.45) is 0 Å². The second-order valence-corrected chi connectivity index (χ2v) is 8.49. The fraction of sp³-hybridized carbons (Fsp3) is 0.278. The monoisotopic (exact) mass is 365 g/mol. The first kappa shape index (κ1) is 18.5. The SMILES string of the molecule is C[C@@H](c1cccc(Cl)c1)N(C)C(=O)c1ccc(CS(C)(=O)=O)cc1. The zero-order valence-corrected chi connectivity index (χ0v) is 15.4. The maximum Gasteiger partial charge on any atom is 0.254 e. The quantitative estimate of drug-likeness (QED) is 0.811. The maximum atomic E-state index is 12.6. The van der Waals surface area contributed by atoms with Gasteiger partial charge >= 0.3 is 0 Å². The van der Waals surface area contributed by atoms with Crippen molar-refractivity contribution in [3.05, 3.63) is 70.2 Å². The van der Waals surface area contributed by atoms with Crippen molar-refractivity contribution >= 4 is 27.3 Å². The molecule has 0 heterocycles. The molecule has 0 fully saturated rings. The predicted molar refractivity (Wildman–Crippen MR) is 97.0 cm³/mol. The standard InChI is InChI=1S/C18H20ClNO3S/c1-13(16-5-4-6-17(19)11-16)20(2)18(21)15-9-7-14(8-10-15)12-24(3,22)23/h4-11,13H,12H2,1-3H3/t13-/m0/s1. The molecule has 0 aliphatic heterocycles. The molecule has 2 aromatic rings. The highest BCUT2D eigenvalue weighted by Crippen LogP contribution is 2.23. The third kappa shape index (κ3) is 4.82. The highest BCUT2D eigenvalue weighted by molar-refractivity contribution is 7.89. The van der Waals surface area contributed by atoms with Gasteiger partial charge in [-0.1, -0.05) is 35.9 Å². The van der Waals surface area contributed by atoms with Crippen molar-refractivity contribution in [2.45, 2.75) is 18.7 Å². The molecule has 0 bridgehead atoms. The fourth-order valence-electron chi connectivity index (χ4n) is 2.42. The summed E-state index contributed by atoms with van der Waals surface area (Å²) in [7, 11) is -1.35. The van der Waals surface area contributed by atoms with Crippen LogP contribution in [0.4, 0.5) is 0 Å². The molecule has 1 atom stereocenters. The van der Waals surface area contributed by atoms with Crippen LogP contribution in [0.3, 0.4) is 0 Å². The van der Waals surface area contributed by atoms with E-state index in [0.29, 0.717) is 16.1 Å². The first-order valence-corrected chi connectivity index (χ1v) is 9.90. The van der Waals surface area contributed by atoms with Crippen LogP contribution in [0.2, 0.25) is 5.02 Å². The molecule has 0 saturated carbocycles. The predicted octanol–water partition coefficient (Wildman–Crippen LogP) is 3.72. The van der Waals surface area contributed by atoms with Crippen molar-refractivity contribution in [3.8, 4) is 0 Å². The lowest BCUT2D eigenvalue weighted by Crippen LogP contribution is -2.29. The summed E-state index contributed by atoms with van der Waals surface area (Å²) in [6, 6.07) is 13.9. The minimum atomic E-state index is -3.09. The Morgan fingerprint density at radius 3 is 2.33 bits per heavy atom. The first-order chi connectivity index (χ1) is 11.2. The summed E-state index contributed by atoms with van der Waals surface area (Å²) in [5.41, 5.74) is 2.13. The molecule has 0 aromatic heterocycles. The van der Waals surface area contributed by atoms with Gasteiger partial charge < -0.3 is 4.90 Å². The van der Waals surface area contributed by atoms with Crippen LogP contribution in [0.25, 0.3) is 0 Å². The van der Waals surface area contributed by atoms with Crippen molar-refractivity contribution < 1.29 is 13.2 Å². The number of hydrogen-bond donors (Lipinski definition) is 0. The molecular formula is C18H20ClNO3S. The van der Waals surface area contributed by atoms with Gasteiger partial charge in [0.25, 0.3) is 5.91 Å². The largest absolute Gasteiger partial charge is 0.335 e. The normalized spacial score (nSPS) is 12.7. The number of amides is 1. The van der Waals surface area contributed by atoms with Crippen LogP contribution in [0.15, 0.2) is 48.5 Å². The maximum absolute atomic E-state index is 12.6. The van der Waals surface area contributed by atoms with Gasteiger partial charge in [-0.15, -0.1) is 0 Å². The molecule has 0 aliphatic rings. The van der Waals surface area contributed by atoms with Gasteiger partial charge in [0.15, 0.2) is 9.84 Å². The van der Waals surface area contributed by atoms with Crippen molar-refractivity contribution in [1.29, 1.82) is 0 Å². The van der Waals surface area contributed by atoms with E-state index in [1.807, 2.05) is 25.1 Å². The first-order valence-electron chi connectivity index (χ1n) is 7.46. The van der Waals surface area contributed by atoms with E-state index in [1.54, 1.807) is 42.3 Å². The lowest BCUT2D eigenvalue weighted by atomic mass is 10.1. The summed E-state index contributed by atoms with van der Waals surface area (Å²) < 4.78 is 22.6. The molecule has 0 unspecified atom stereocenters. The number of carbonyl (C=O) groups excluding carboxylic acids is 1. The number of hydrogen-bond acceptors (Lipinski definition) is 3. The van der Waals surface area contributed by atoms with Gasteiger partial charge in [-0.3, -0.25) is 4.79 Å². The third-order valence-electron chi connectivity index (χ3n) is 3.86. The minimum Gasteiger partial charge on any atom is -0.335 e. The molecular weight excluding hydrogens is 346 g/mol. The minimum absolute atomic E-state index is 0.0315. The molecule has 0 N–H and O–H groups in total. The van der Waals surface area contributed by atoms with Crippen molar-refractivity contribution in [3.63, 3.8) is 0 Å². The van der Waals surface area contributed by atoms with Gasteiger partial charge in [-0.25, -0.2) is 8.42 Å². The van der Waals surface area contributed by atoms with E-state index in [9.17, 15) is 13.2 Å². The Morgan fingerprint density at radius 2 is 1.79 bits per heavy atom. The molecule has 2 rings (SSSR count). The fourth-order valence-corrected chi connectivity index (χ4v) is 3.41. The van der Waals surface area contributed by atoms with Gasteiger partial charge in [0.05, 0.1) is 11.8 Å². The second-order valence-electron chi connectivity index (χ2n) is 5.91. The van der Waals surface area contributed by atoms with Crippen LogP contribution in [-0.4, -0.2) is 32.5 Å². The van der Waals surface area contributed by atoms with Crippen molar-refractivity contribution in [1.82, 2.24) is 4.90 Å². The summed E-state index contributed by atoms with van der Waals surface area (Å²) in [6.45, 7) is 1.93. The highest BCUT2D eigenvalue weighted by atomic mass is 35.5. The molecule has 6 heteroatoms. The van der Waals surface area contributed by atoms with E-state index in [1.165, 1.54) is 6.26 Å². The Balaban J connectivity index is 2.15. The van der Waals surface area contributed by atoms with E-state index in [-0.39, 0.29) is 17.7 Å². The molecule has 1 amide bonds. The summed E-state index contributed by atoms with van der Waals surface area (Å²) >= 11 is 6.01. The van der Waals surface area contributed by atoms with Crippen LogP contribution in [-0.2, 0) is 15.6 Å². The zero-order chi connectivity index (χ0) is 17.9. The number of rotatable bonds is 5. The van der Waals surface area contributed by atoms with Gasteiger partial charge in [0, 0.05) is 23.9 Å². The number of sulfone groups is 1. The Bertz CT molecular complexity index is 832. The molecule has 0 aliphatic carbocycles. The van der Waals surface area contributed by atoms with E-state index in [4.69, 9.17) is 11.6 Å². The number of carbonyl (C=O) groups is 1. The third-order valence-corrected chi connectivity index (χ3v) is 4.95. The Morgan fingerprint density at radius 1 is 1.17 bits per heavy atom. The lowest BCUT2D eigenvalue weighted by Gasteiger charge is -2.25. The Kier molecular flexibility index (Phi) is 5.67. The lowest BCUT2D eigenvalue weighted by molar-refractivity contribution is 0.0742. The molecule has 4 nitrogen and oxygen atoms in total. The average molecular weight is 366 g/mol. The Labute approximate surface area is 148 Å². The van der Waals surface area contributed by atoms with E-state index >= 15 is 0 Å². The van der Waals surface area contributed by atoms with Crippen molar-refractivity contribution in [2.75, 3.05) is 13.3 Å². The van der Waals surface area contributed by atoms with E-state index < -0.39 is 9.84 Å². The summed E-state index contributed by atoms with van der Waals surface area (Å²) in [4.78, 5) is 14.3. The van der Waals surface area contributed by atoms with Crippen LogP contribution < -0.4 is 0 Å². The van der Waals surface area contributed by atoms with Crippen LogP contribution in [0.1, 0.15) is 34.5 Å². The second kappa shape index (κ2) is 7.36. The smallest absolute Gasteiger partial charge is 0.254 e.